The lowest BCUT2D eigenvalue weighted by atomic mass is 9.78. The van der Waals surface area contributed by atoms with E-state index in [9.17, 15) is 5.11 Å². The Balaban J connectivity index is 1.91. The molecule has 0 atom stereocenters. The van der Waals surface area contributed by atoms with Gasteiger partial charge in [0.1, 0.15) is 5.75 Å². The van der Waals surface area contributed by atoms with Crippen LogP contribution in [0, 0.1) is 11.3 Å². The fraction of sp³-hybridized carbons (Fsp3) is 0.647. The van der Waals surface area contributed by atoms with Crippen LogP contribution in [0.15, 0.2) is 18.2 Å². The first-order valence-corrected chi connectivity index (χ1v) is 8.07. The lowest BCUT2D eigenvalue weighted by molar-refractivity contribution is 0.223. The van der Waals surface area contributed by atoms with E-state index >= 15 is 0 Å². The van der Waals surface area contributed by atoms with Crippen LogP contribution in [0.4, 0.5) is 0 Å². The van der Waals surface area contributed by atoms with Crippen molar-refractivity contribution in [2.24, 2.45) is 11.3 Å². The maximum absolute atomic E-state index is 9.84. The van der Waals surface area contributed by atoms with Crippen LogP contribution in [0.5, 0.6) is 5.75 Å². The highest BCUT2D eigenvalue weighted by atomic mass is 35.5. The minimum Gasteiger partial charge on any atom is -0.508 e. The molecule has 0 amide bonds. The van der Waals surface area contributed by atoms with Gasteiger partial charge in [-0.1, -0.05) is 38.3 Å². The number of benzene rings is 1. The number of hydrogen-bond donors (Lipinski definition) is 2. The Hall–Kier alpha value is -0.730. The van der Waals surface area contributed by atoms with Gasteiger partial charge in [0.25, 0.3) is 0 Å². The molecule has 2 nitrogen and oxygen atoms in total. The van der Waals surface area contributed by atoms with Crippen molar-refractivity contribution in [2.75, 3.05) is 6.54 Å². The van der Waals surface area contributed by atoms with Gasteiger partial charge in [0.05, 0.1) is 0 Å². The monoisotopic (exact) mass is 295 g/mol. The summed E-state index contributed by atoms with van der Waals surface area (Å²) in [5.41, 5.74) is 1.35. The first-order chi connectivity index (χ1) is 9.51. The molecule has 0 aliphatic heterocycles. The summed E-state index contributed by atoms with van der Waals surface area (Å²) in [7, 11) is 0. The Bertz CT molecular complexity index is 439. The van der Waals surface area contributed by atoms with Crippen molar-refractivity contribution < 1.29 is 5.11 Å². The molecule has 1 saturated carbocycles. The fourth-order valence-corrected chi connectivity index (χ4v) is 3.80. The van der Waals surface area contributed by atoms with Crippen molar-refractivity contribution >= 4 is 11.6 Å². The second-order valence-corrected chi connectivity index (χ2v) is 7.12. The van der Waals surface area contributed by atoms with Gasteiger partial charge in [0, 0.05) is 23.7 Å². The van der Waals surface area contributed by atoms with Crippen LogP contribution in [0.1, 0.15) is 51.5 Å². The number of phenolic OH excluding ortho intramolecular Hbond substituents is 1. The zero-order chi connectivity index (χ0) is 14.6. The fourth-order valence-electron chi connectivity index (χ4n) is 3.60. The van der Waals surface area contributed by atoms with Gasteiger partial charge in [-0.3, -0.25) is 0 Å². The van der Waals surface area contributed by atoms with Crippen molar-refractivity contribution in [3.05, 3.63) is 28.8 Å². The van der Waals surface area contributed by atoms with Crippen LogP contribution in [0.2, 0.25) is 5.02 Å². The van der Waals surface area contributed by atoms with E-state index in [1.165, 1.54) is 32.1 Å². The molecule has 1 aromatic carbocycles. The molecule has 1 aliphatic rings. The maximum atomic E-state index is 9.84. The average molecular weight is 296 g/mol. The van der Waals surface area contributed by atoms with Crippen LogP contribution >= 0.6 is 11.6 Å². The Morgan fingerprint density at radius 1 is 1.30 bits per heavy atom. The molecule has 0 radical (unpaired) electrons. The molecule has 0 heterocycles. The van der Waals surface area contributed by atoms with Crippen LogP contribution in [-0.2, 0) is 6.54 Å². The molecule has 0 spiro atoms. The third-order valence-corrected chi connectivity index (χ3v) is 4.60. The number of nitrogens with one attached hydrogen (secondary N) is 1. The highest BCUT2D eigenvalue weighted by Crippen LogP contribution is 2.42. The van der Waals surface area contributed by atoms with Gasteiger partial charge in [-0.05, 0) is 48.8 Å². The second-order valence-electron chi connectivity index (χ2n) is 6.68. The zero-order valence-electron chi connectivity index (χ0n) is 12.6. The smallest absolute Gasteiger partial charge is 0.120 e. The quantitative estimate of drug-likeness (QED) is 0.794. The average Bonchev–Trinajstić information content (AvgIpc) is 2.81. The van der Waals surface area contributed by atoms with E-state index in [-0.39, 0.29) is 0 Å². The Morgan fingerprint density at radius 2 is 2.00 bits per heavy atom. The summed E-state index contributed by atoms with van der Waals surface area (Å²) in [6.07, 6.45) is 6.68. The molecule has 1 fully saturated rings. The van der Waals surface area contributed by atoms with Crippen molar-refractivity contribution in [1.29, 1.82) is 0 Å². The second kappa shape index (κ2) is 6.82. The summed E-state index contributed by atoms with van der Waals surface area (Å²) < 4.78 is 0. The minimum absolute atomic E-state index is 0.325. The lowest BCUT2D eigenvalue weighted by Gasteiger charge is -2.31. The highest BCUT2D eigenvalue weighted by Gasteiger charge is 2.33. The van der Waals surface area contributed by atoms with Crippen molar-refractivity contribution in [3.8, 4) is 5.75 Å². The number of phenols is 1. The molecular formula is C17H26ClNO. The van der Waals surface area contributed by atoms with Gasteiger partial charge in [-0.2, -0.15) is 0 Å². The number of rotatable bonds is 6. The zero-order valence-corrected chi connectivity index (χ0v) is 13.3. The number of halogens is 1. The topological polar surface area (TPSA) is 32.3 Å². The van der Waals surface area contributed by atoms with Gasteiger partial charge < -0.3 is 10.4 Å². The molecule has 0 bridgehead atoms. The summed E-state index contributed by atoms with van der Waals surface area (Å²) >= 11 is 5.98. The van der Waals surface area contributed by atoms with Gasteiger partial charge in [0.15, 0.2) is 0 Å². The molecule has 1 aromatic rings. The Morgan fingerprint density at radius 3 is 2.65 bits per heavy atom. The van der Waals surface area contributed by atoms with Crippen molar-refractivity contribution in [1.82, 2.24) is 5.32 Å². The first-order valence-electron chi connectivity index (χ1n) is 7.69. The largest absolute Gasteiger partial charge is 0.508 e. The SMILES string of the molecule is CC(C)CC1(CNCc2cc(Cl)ccc2O)CCCC1. The standard InChI is InChI=1S/C17H26ClNO/c1-13(2)10-17(7-3-4-8-17)12-19-11-14-9-15(18)5-6-16(14)20/h5-6,9,13,19-20H,3-4,7-8,10-12H2,1-2H3. The van der Waals surface area contributed by atoms with E-state index in [4.69, 9.17) is 11.6 Å². The van der Waals surface area contributed by atoms with Gasteiger partial charge in [-0.25, -0.2) is 0 Å². The van der Waals surface area contributed by atoms with Crippen molar-refractivity contribution in [3.63, 3.8) is 0 Å². The van der Waals surface area contributed by atoms with Gasteiger partial charge in [-0.15, -0.1) is 0 Å². The molecular weight excluding hydrogens is 270 g/mol. The predicted molar refractivity (Wildman–Crippen MR) is 85.2 cm³/mol. The first kappa shape index (κ1) is 15.7. The summed E-state index contributed by atoms with van der Waals surface area (Å²) in [6, 6.07) is 5.23. The summed E-state index contributed by atoms with van der Waals surface area (Å²) in [4.78, 5) is 0. The van der Waals surface area contributed by atoms with Crippen LogP contribution in [-0.4, -0.2) is 11.7 Å². The lowest BCUT2D eigenvalue weighted by Crippen LogP contribution is -2.33. The molecule has 1 aliphatic carbocycles. The molecule has 20 heavy (non-hydrogen) atoms. The molecule has 2 N–H and O–H groups in total. The molecule has 2 rings (SSSR count). The third kappa shape index (κ3) is 4.13. The molecule has 112 valence electrons. The van der Waals surface area contributed by atoms with E-state index in [0.717, 1.165) is 18.0 Å². The van der Waals surface area contributed by atoms with E-state index < -0.39 is 0 Å². The van der Waals surface area contributed by atoms with Crippen molar-refractivity contribution in [2.45, 2.75) is 52.5 Å². The summed E-state index contributed by atoms with van der Waals surface area (Å²) in [5, 5.41) is 14.1. The van der Waals surface area contributed by atoms with Gasteiger partial charge >= 0.3 is 0 Å². The van der Waals surface area contributed by atoms with Crippen LogP contribution in [0.3, 0.4) is 0 Å². The predicted octanol–water partition coefficient (Wildman–Crippen LogP) is 4.74. The summed E-state index contributed by atoms with van der Waals surface area (Å²) in [5.74, 6) is 1.07. The van der Waals surface area contributed by atoms with Crippen LogP contribution < -0.4 is 5.32 Å². The van der Waals surface area contributed by atoms with Crippen LogP contribution in [0.25, 0.3) is 0 Å². The molecule has 0 saturated heterocycles. The summed E-state index contributed by atoms with van der Waals surface area (Å²) in [6.45, 7) is 6.34. The maximum Gasteiger partial charge on any atom is 0.120 e. The molecule has 3 heteroatoms. The molecule has 0 unspecified atom stereocenters. The Labute approximate surface area is 127 Å². The van der Waals surface area contributed by atoms with E-state index in [0.29, 0.717) is 22.7 Å². The molecule has 0 aromatic heterocycles. The number of hydrogen-bond acceptors (Lipinski definition) is 2. The Kier molecular flexibility index (Phi) is 5.34. The van der Waals surface area contributed by atoms with E-state index in [2.05, 4.69) is 19.2 Å². The highest BCUT2D eigenvalue weighted by molar-refractivity contribution is 6.30. The normalized spacial score (nSPS) is 17.8. The third-order valence-electron chi connectivity index (χ3n) is 4.36. The van der Waals surface area contributed by atoms with E-state index in [1.54, 1.807) is 12.1 Å². The van der Waals surface area contributed by atoms with E-state index in [1.807, 2.05) is 6.07 Å². The number of aromatic hydroxyl groups is 1. The minimum atomic E-state index is 0.325. The van der Waals surface area contributed by atoms with Gasteiger partial charge in [0.2, 0.25) is 0 Å².